The number of nitrogens with two attached hydrogens (primary N) is 1. The summed E-state index contributed by atoms with van der Waals surface area (Å²) in [4.78, 5) is 12.3. The van der Waals surface area contributed by atoms with Crippen molar-refractivity contribution in [3.8, 4) is 0 Å². The van der Waals surface area contributed by atoms with E-state index in [0.29, 0.717) is 6.42 Å². The molecule has 0 aliphatic heterocycles. The van der Waals surface area contributed by atoms with Gasteiger partial charge in [0.1, 0.15) is 0 Å². The van der Waals surface area contributed by atoms with E-state index in [4.69, 9.17) is 5.73 Å². The predicted octanol–water partition coefficient (Wildman–Crippen LogP) is -0.246. The van der Waals surface area contributed by atoms with Crippen LogP contribution in [0, 0.1) is 5.41 Å². The van der Waals surface area contributed by atoms with Gasteiger partial charge in [0.2, 0.25) is 5.91 Å². The molecule has 5 N–H and O–H groups in total. The fourth-order valence-corrected chi connectivity index (χ4v) is 2.30. The molecule has 1 aliphatic carbocycles. The van der Waals surface area contributed by atoms with Gasteiger partial charge in [-0.2, -0.15) is 0 Å². The van der Waals surface area contributed by atoms with Gasteiger partial charge in [-0.1, -0.05) is 13.3 Å². The fourth-order valence-electron chi connectivity index (χ4n) is 2.30. The minimum Gasteiger partial charge on any atom is -0.394 e. The van der Waals surface area contributed by atoms with E-state index < -0.39 is 11.0 Å². The molecule has 1 amide bonds. The molecule has 0 spiro atoms. The summed E-state index contributed by atoms with van der Waals surface area (Å²) in [5, 5.41) is 21.4. The molecule has 0 saturated heterocycles. The summed E-state index contributed by atoms with van der Waals surface area (Å²) >= 11 is 0. The van der Waals surface area contributed by atoms with Gasteiger partial charge in [-0.15, -0.1) is 0 Å². The largest absolute Gasteiger partial charge is 0.394 e. The Morgan fingerprint density at radius 2 is 2.12 bits per heavy atom. The molecule has 1 saturated carbocycles. The van der Waals surface area contributed by atoms with Gasteiger partial charge < -0.3 is 21.3 Å². The zero-order chi connectivity index (χ0) is 13.1. The Bertz CT molecular complexity index is 271. The summed E-state index contributed by atoms with van der Waals surface area (Å²) in [6, 6.07) is -0.144. The second-order valence-corrected chi connectivity index (χ2v) is 5.32. The van der Waals surface area contributed by atoms with Crippen molar-refractivity contribution in [1.29, 1.82) is 0 Å². The van der Waals surface area contributed by atoms with Gasteiger partial charge in [0.15, 0.2) is 0 Å². The van der Waals surface area contributed by atoms with E-state index >= 15 is 0 Å². The maximum Gasteiger partial charge on any atom is 0.228 e. The highest BCUT2D eigenvalue weighted by molar-refractivity contribution is 5.84. The van der Waals surface area contributed by atoms with E-state index in [1.165, 1.54) is 0 Å². The smallest absolute Gasteiger partial charge is 0.228 e. The molecule has 2 atom stereocenters. The van der Waals surface area contributed by atoms with Crippen molar-refractivity contribution in [2.24, 2.45) is 11.1 Å². The van der Waals surface area contributed by atoms with Crippen LogP contribution in [0.3, 0.4) is 0 Å². The van der Waals surface area contributed by atoms with Gasteiger partial charge in [0.05, 0.1) is 24.2 Å². The molecule has 1 aliphatic rings. The number of aliphatic hydroxyl groups excluding tert-OH is 2. The Morgan fingerprint density at radius 3 is 2.47 bits per heavy atom. The molecular weight excluding hydrogens is 220 g/mol. The normalized spacial score (nSPS) is 29.4. The molecule has 1 rings (SSSR count). The molecule has 0 radical (unpaired) electrons. The number of amides is 1. The van der Waals surface area contributed by atoms with Crippen molar-refractivity contribution in [2.45, 2.75) is 51.1 Å². The SMILES string of the molecule is CCC(CO)(CO)NC(=O)C1(C)CCCC1N. The summed E-state index contributed by atoms with van der Waals surface area (Å²) in [5.41, 5.74) is 4.46. The van der Waals surface area contributed by atoms with Gasteiger partial charge >= 0.3 is 0 Å². The molecule has 5 nitrogen and oxygen atoms in total. The summed E-state index contributed by atoms with van der Waals surface area (Å²) in [6.07, 6.45) is 3.04. The number of hydrogen-bond acceptors (Lipinski definition) is 4. The molecule has 0 aromatic heterocycles. The molecule has 0 heterocycles. The quantitative estimate of drug-likeness (QED) is 0.536. The lowest BCUT2D eigenvalue weighted by Gasteiger charge is -2.35. The van der Waals surface area contributed by atoms with Crippen LogP contribution in [0.1, 0.15) is 39.5 Å². The number of aliphatic hydroxyl groups is 2. The lowest BCUT2D eigenvalue weighted by Crippen LogP contribution is -2.59. The minimum absolute atomic E-state index is 0.144. The van der Waals surface area contributed by atoms with Gasteiger partial charge in [-0.3, -0.25) is 4.79 Å². The molecule has 0 aromatic carbocycles. The summed E-state index contributed by atoms with van der Waals surface area (Å²) < 4.78 is 0. The zero-order valence-electron chi connectivity index (χ0n) is 10.7. The fraction of sp³-hybridized carbons (Fsp3) is 0.917. The average molecular weight is 244 g/mol. The molecule has 2 unspecified atom stereocenters. The maximum atomic E-state index is 12.3. The van der Waals surface area contributed by atoms with Crippen LogP contribution in [0.4, 0.5) is 0 Å². The van der Waals surface area contributed by atoms with Crippen LogP contribution in [0.25, 0.3) is 0 Å². The van der Waals surface area contributed by atoms with Crippen molar-refractivity contribution < 1.29 is 15.0 Å². The first-order valence-corrected chi connectivity index (χ1v) is 6.24. The van der Waals surface area contributed by atoms with E-state index in [1.54, 1.807) is 0 Å². The molecule has 100 valence electrons. The first-order chi connectivity index (χ1) is 7.94. The third-order valence-corrected chi connectivity index (χ3v) is 4.21. The second kappa shape index (κ2) is 5.33. The summed E-state index contributed by atoms with van der Waals surface area (Å²) in [7, 11) is 0. The lowest BCUT2D eigenvalue weighted by atomic mass is 9.83. The van der Waals surface area contributed by atoms with Crippen molar-refractivity contribution >= 4 is 5.91 Å². The van der Waals surface area contributed by atoms with Crippen LogP contribution >= 0.6 is 0 Å². The minimum atomic E-state index is -0.928. The van der Waals surface area contributed by atoms with E-state index in [0.717, 1.165) is 19.3 Å². The van der Waals surface area contributed by atoms with Crippen LogP contribution in [0.5, 0.6) is 0 Å². The first kappa shape index (κ1) is 14.4. The lowest BCUT2D eigenvalue weighted by molar-refractivity contribution is -0.134. The molecular formula is C12H24N2O3. The second-order valence-electron chi connectivity index (χ2n) is 5.32. The van der Waals surface area contributed by atoms with Crippen molar-refractivity contribution in [3.05, 3.63) is 0 Å². The third kappa shape index (κ3) is 2.61. The summed E-state index contributed by atoms with van der Waals surface area (Å²) in [6.45, 7) is 3.15. The van der Waals surface area contributed by atoms with Gasteiger partial charge in [-0.25, -0.2) is 0 Å². The van der Waals surface area contributed by atoms with Crippen molar-refractivity contribution in [3.63, 3.8) is 0 Å². The Balaban J connectivity index is 2.77. The van der Waals surface area contributed by atoms with E-state index in [1.807, 2.05) is 13.8 Å². The topological polar surface area (TPSA) is 95.6 Å². The van der Waals surface area contributed by atoms with Gasteiger partial charge in [0, 0.05) is 6.04 Å². The molecule has 0 aromatic rings. The van der Waals surface area contributed by atoms with E-state index in [-0.39, 0.29) is 25.2 Å². The van der Waals surface area contributed by atoms with Crippen LogP contribution in [-0.4, -0.2) is 40.9 Å². The predicted molar refractivity (Wildman–Crippen MR) is 65.3 cm³/mol. The number of carbonyl (C=O) groups is 1. The Kier molecular flexibility index (Phi) is 4.52. The van der Waals surface area contributed by atoms with E-state index in [9.17, 15) is 15.0 Å². The third-order valence-electron chi connectivity index (χ3n) is 4.21. The van der Waals surface area contributed by atoms with Crippen LogP contribution in [0.2, 0.25) is 0 Å². The maximum absolute atomic E-state index is 12.3. The molecule has 17 heavy (non-hydrogen) atoms. The van der Waals surface area contributed by atoms with Crippen LogP contribution < -0.4 is 11.1 Å². The average Bonchev–Trinajstić information content (AvgIpc) is 2.68. The van der Waals surface area contributed by atoms with Crippen molar-refractivity contribution in [2.75, 3.05) is 13.2 Å². The number of nitrogens with one attached hydrogen (secondary N) is 1. The van der Waals surface area contributed by atoms with E-state index in [2.05, 4.69) is 5.32 Å². The van der Waals surface area contributed by atoms with Crippen LogP contribution in [-0.2, 0) is 4.79 Å². The number of rotatable bonds is 5. The highest BCUT2D eigenvalue weighted by Gasteiger charge is 2.45. The molecule has 0 bridgehead atoms. The molecule has 1 fully saturated rings. The van der Waals surface area contributed by atoms with Crippen molar-refractivity contribution in [1.82, 2.24) is 5.32 Å². The highest BCUT2D eigenvalue weighted by atomic mass is 16.3. The van der Waals surface area contributed by atoms with Gasteiger partial charge in [-0.05, 0) is 26.2 Å². The number of carbonyl (C=O) groups excluding carboxylic acids is 1. The highest BCUT2D eigenvalue weighted by Crippen LogP contribution is 2.37. The van der Waals surface area contributed by atoms with Gasteiger partial charge in [0.25, 0.3) is 0 Å². The Morgan fingerprint density at radius 1 is 1.53 bits per heavy atom. The summed E-state index contributed by atoms with van der Waals surface area (Å²) in [5.74, 6) is -0.160. The standard InChI is InChI=1S/C12H24N2O3/c1-3-12(7-15,8-16)14-10(17)11(2)6-4-5-9(11)13/h9,15-16H,3-8,13H2,1-2H3,(H,14,17). The molecule has 5 heteroatoms. The number of hydrogen-bond donors (Lipinski definition) is 4. The first-order valence-electron chi connectivity index (χ1n) is 6.24. The monoisotopic (exact) mass is 244 g/mol. The van der Waals surface area contributed by atoms with Crippen LogP contribution in [0.15, 0.2) is 0 Å². The zero-order valence-corrected chi connectivity index (χ0v) is 10.7. The Hall–Kier alpha value is -0.650. The Labute approximate surface area is 102 Å².